The number of hydrogen-bond acceptors (Lipinski definition) is 1. The van der Waals surface area contributed by atoms with Crippen molar-refractivity contribution in [1.82, 2.24) is 0 Å². The number of fused-ring (bicyclic) bond motifs is 5. The number of hydrogen-bond donors (Lipinski definition) is 0. The fourth-order valence-electron chi connectivity index (χ4n) is 5.43. The second-order valence-corrected chi connectivity index (χ2v) is 7.52. The quantitative estimate of drug-likeness (QED) is 0.587. The molecule has 0 amide bonds. The Morgan fingerprint density at radius 2 is 2.05 bits per heavy atom. The molecule has 4 aliphatic rings. The predicted molar refractivity (Wildman–Crippen MR) is 81.2 cm³/mol. The number of allylic oxidation sites excluding steroid dienone is 6. The van der Waals surface area contributed by atoms with E-state index in [1.54, 1.807) is 11.1 Å². The molecule has 4 aliphatic carbocycles. The molecule has 106 valence electrons. The molecule has 0 aromatic rings. The molecule has 0 aromatic heterocycles. The van der Waals surface area contributed by atoms with Crippen LogP contribution in [0.15, 0.2) is 34.9 Å². The Hall–Kier alpha value is -1.11. The third kappa shape index (κ3) is 1.58. The van der Waals surface area contributed by atoms with E-state index < -0.39 is 0 Å². The van der Waals surface area contributed by atoms with Crippen molar-refractivity contribution in [3.8, 4) is 0 Å². The lowest BCUT2D eigenvalue weighted by atomic mass is 9.53. The molecule has 4 atom stereocenters. The lowest BCUT2D eigenvalue weighted by Gasteiger charge is -2.51. The van der Waals surface area contributed by atoms with Gasteiger partial charge in [0.05, 0.1) is 0 Å². The van der Waals surface area contributed by atoms with E-state index in [-0.39, 0.29) is 5.41 Å². The van der Waals surface area contributed by atoms with E-state index in [0.29, 0.717) is 5.78 Å². The molecule has 0 bridgehead atoms. The number of ketones is 1. The molecule has 0 aliphatic heterocycles. The van der Waals surface area contributed by atoms with Gasteiger partial charge in [-0.1, -0.05) is 30.2 Å². The first-order chi connectivity index (χ1) is 9.59. The number of rotatable bonds is 0. The second kappa shape index (κ2) is 4.19. The average Bonchev–Trinajstić information content (AvgIpc) is 2.82. The van der Waals surface area contributed by atoms with Crippen molar-refractivity contribution in [2.75, 3.05) is 0 Å². The summed E-state index contributed by atoms with van der Waals surface area (Å²) in [6, 6.07) is 0. The zero-order valence-corrected chi connectivity index (χ0v) is 12.6. The molecular formula is C19H24O. The van der Waals surface area contributed by atoms with Gasteiger partial charge in [0.2, 0.25) is 0 Å². The molecule has 0 spiro atoms. The first-order valence-electron chi connectivity index (χ1n) is 8.21. The van der Waals surface area contributed by atoms with Crippen LogP contribution in [0, 0.1) is 23.2 Å². The van der Waals surface area contributed by atoms with Gasteiger partial charge in [-0.05, 0) is 73.8 Å². The summed E-state index contributed by atoms with van der Waals surface area (Å²) in [4.78, 5) is 11.7. The molecule has 0 heterocycles. The molecule has 1 heteroatoms. The SMILES string of the molecule is CC1=C2CC[C@H]3[C@@H](C=CC4=CC(=O)CC[C@@]43C)[C@@H]2CC1. The van der Waals surface area contributed by atoms with E-state index in [0.717, 1.165) is 30.6 Å². The van der Waals surface area contributed by atoms with Crippen LogP contribution in [0.25, 0.3) is 0 Å². The van der Waals surface area contributed by atoms with Crippen molar-refractivity contribution in [3.63, 3.8) is 0 Å². The minimum atomic E-state index is 0.259. The Morgan fingerprint density at radius 1 is 1.20 bits per heavy atom. The Kier molecular flexibility index (Phi) is 2.64. The van der Waals surface area contributed by atoms with Crippen LogP contribution in [0.5, 0.6) is 0 Å². The molecular weight excluding hydrogens is 244 g/mol. The first-order valence-corrected chi connectivity index (χ1v) is 8.21. The van der Waals surface area contributed by atoms with E-state index in [2.05, 4.69) is 26.0 Å². The maximum absolute atomic E-state index is 11.7. The summed E-state index contributed by atoms with van der Waals surface area (Å²) in [5.41, 5.74) is 5.03. The highest BCUT2D eigenvalue weighted by atomic mass is 16.1. The van der Waals surface area contributed by atoms with Crippen LogP contribution in [0.2, 0.25) is 0 Å². The minimum Gasteiger partial charge on any atom is -0.295 e. The molecule has 1 saturated carbocycles. The van der Waals surface area contributed by atoms with Crippen molar-refractivity contribution >= 4 is 5.78 Å². The summed E-state index contributed by atoms with van der Waals surface area (Å²) in [5.74, 6) is 2.62. The van der Waals surface area contributed by atoms with Crippen molar-refractivity contribution in [1.29, 1.82) is 0 Å². The first kappa shape index (κ1) is 12.6. The predicted octanol–water partition coefficient (Wildman–Crippen LogP) is 4.60. The molecule has 0 saturated heterocycles. The average molecular weight is 268 g/mol. The van der Waals surface area contributed by atoms with E-state index >= 15 is 0 Å². The van der Waals surface area contributed by atoms with Crippen molar-refractivity contribution in [2.24, 2.45) is 23.2 Å². The number of carbonyl (C=O) groups excluding carboxylic acids is 1. The summed E-state index contributed by atoms with van der Waals surface area (Å²) in [6.07, 6.45) is 13.8. The second-order valence-electron chi connectivity index (χ2n) is 7.52. The Balaban J connectivity index is 1.76. The zero-order chi connectivity index (χ0) is 13.9. The van der Waals surface area contributed by atoms with Gasteiger partial charge in [-0.2, -0.15) is 0 Å². The summed E-state index contributed by atoms with van der Waals surface area (Å²) in [6.45, 7) is 4.76. The van der Waals surface area contributed by atoms with E-state index in [1.165, 1.54) is 31.3 Å². The fraction of sp³-hybridized carbons (Fsp3) is 0.632. The maximum Gasteiger partial charge on any atom is 0.156 e. The third-order valence-corrected chi connectivity index (χ3v) is 6.66. The van der Waals surface area contributed by atoms with Gasteiger partial charge in [0.15, 0.2) is 5.78 Å². The van der Waals surface area contributed by atoms with Gasteiger partial charge in [0.25, 0.3) is 0 Å². The molecule has 1 fully saturated rings. The molecule has 1 nitrogen and oxygen atoms in total. The summed E-state index contributed by atoms with van der Waals surface area (Å²) >= 11 is 0. The standard InChI is InChI=1S/C19H24O/c1-12-3-5-16-15(12)7-8-18-17(16)6-4-13-11-14(20)9-10-19(13,18)2/h4,6,11,16-18H,3,5,7-10H2,1-2H3/t16-,17+,18+,19+/m1/s1. The highest BCUT2D eigenvalue weighted by Crippen LogP contribution is 2.59. The highest BCUT2D eigenvalue weighted by molar-refractivity contribution is 5.92. The monoisotopic (exact) mass is 268 g/mol. The molecule has 20 heavy (non-hydrogen) atoms. The van der Waals surface area contributed by atoms with Crippen LogP contribution in [-0.4, -0.2) is 5.78 Å². The Labute approximate surface area is 121 Å². The number of carbonyl (C=O) groups is 1. The van der Waals surface area contributed by atoms with Gasteiger partial charge in [-0.3, -0.25) is 4.79 Å². The lowest BCUT2D eigenvalue weighted by molar-refractivity contribution is -0.116. The van der Waals surface area contributed by atoms with Gasteiger partial charge < -0.3 is 0 Å². The summed E-state index contributed by atoms with van der Waals surface area (Å²) in [5, 5.41) is 0. The van der Waals surface area contributed by atoms with E-state index in [1.807, 2.05) is 6.08 Å². The van der Waals surface area contributed by atoms with Crippen LogP contribution in [0.3, 0.4) is 0 Å². The van der Waals surface area contributed by atoms with Crippen LogP contribution in [-0.2, 0) is 4.79 Å². The largest absolute Gasteiger partial charge is 0.295 e. The molecule has 0 radical (unpaired) electrons. The van der Waals surface area contributed by atoms with E-state index in [9.17, 15) is 4.79 Å². The van der Waals surface area contributed by atoms with Gasteiger partial charge in [-0.25, -0.2) is 0 Å². The minimum absolute atomic E-state index is 0.259. The van der Waals surface area contributed by atoms with Crippen LogP contribution >= 0.6 is 0 Å². The molecule has 0 aromatic carbocycles. The van der Waals surface area contributed by atoms with Crippen LogP contribution in [0.1, 0.15) is 52.4 Å². The van der Waals surface area contributed by atoms with Crippen LogP contribution < -0.4 is 0 Å². The van der Waals surface area contributed by atoms with E-state index in [4.69, 9.17) is 0 Å². The van der Waals surface area contributed by atoms with Crippen LogP contribution in [0.4, 0.5) is 0 Å². The third-order valence-electron chi connectivity index (χ3n) is 6.66. The topological polar surface area (TPSA) is 17.1 Å². The Morgan fingerprint density at radius 3 is 2.90 bits per heavy atom. The van der Waals surface area contributed by atoms with Gasteiger partial charge in [-0.15, -0.1) is 0 Å². The fourth-order valence-corrected chi connectivity index (χ4v) is 5.43. The van der Waals surface area contributed by atoms with Gasteiger partial charge >= 0.3 is 0 Å². The van der Waals surface area contributed by atoms with Gasteiger partial charge in [0.1, 0.15) is 0 Å². The lowest BCUT2D eigenvalue weighted by Crippen LogP contribution is -2.43. The molecule has 0 N–H and O–H groups in total. The van der Waals surface area contributed by atoms with Crippen molar-refractivity contribution in [2.45, 2.75) is 52.4 Å². The Bertz CT molecular complexity index is 562. The summed E-state index contributed by atoms with van der Waals surface area (Å²) < 4.78 is 0. The molecule has 4 rings (SSSR count). The van der Waals surface area contributed by atoms with Crippen molar-refractivity contribution in [3.05, 3.63) is 34.9 Å². The zero-order valence-electron chi connectivity index (χ0n) is 12.6. The molecule has 0 unspecified atom stereocenters. The van der Waals surface area contributed by atoms with Gasteiger partial charge in [0, 0.05) is 6.42 Å². The van der Waals surface area contributed by atoms with Crippen molar-refractivity contribution < 1.29 is 4.79 Å². The highest BCUT2D eigenvalue weighted by Gasteiger charge is 2.49. The smallest absolute Gasteiger partial charge is 0.156 e. The maximum atomic E-state index is 11.7. The summed E-state index contributed by atoms with van der Waals surface area (Å²) in [7, 11) is 0. The normalized spacial score (nSPS) is 43.0.